The summed E-state index contributed by atoms with van der Waals surface area (Å²) in [7, 11) is 1.64. The van der Waals surface area contributed by atoms with Gasteiger partial charge in [-0.2, -0.15) is 0 Å². The van der Waals surface area contributed by atoms with Gasteiger partial charge in [-0.3, -0.25) is 4.79 Å². The molecule has 24 heavy (non-hydrogen) atoms. The molecule has 1 aromatic heterocycles. The van der Waals surface area contributed by atoms with Gasteiger partial charge in [0.1, 0.15) is 11.1 Å². The maximum Gasteiger partial charge on any atom is 0.244 e. The van der Waals surface area contributed by atoms with Gasteiger partial charge in [-0.25, -0.2) is 0 Å². The molecule has 0 spiro atoms. The second kappa shape index (κ2) is 5.87. The van der Waals surface area contributed by atoms with Crippen molar-refractivity contribution in [1.29, 1.82) is 0 Å². The lowest BCUT2D eigenvalue weighted by Gasteiger charge is -2.44. The first-order valence-electron chi connectivity index (χ1n) is 7.82. The highest BCUT2D eigenvalue weighted by molar-refractivity contribution is 6.33. The van der Waals surface area contributed by atoms with Crippen molar-refractivity contribution < 1.29 is 9.53 Å². The zero-order valence-corrected chi connectivity index (χ0v) is 14.0. The topological polar surface area (TPSA) is 45.3 Å². The SMILES string of the molecule is COc1ccc(CN2C(=O)C(Cl)C2c2c[nH]c3ccccc23)cc1. The number of aromatic nitrogens is 1. The quantitative estimate of drug-likeness (QED) is 0.579. The van der Waals surface area contributed by atoms with Gasteiger partial charge >= 0.3 is 0 Å². The van der Waals surface area contributed by atoms with Crippen molar-refractivity contribution in [2.75, 3.05) is 7.11 Å². The highest BCUT2D eigenvalue weighted by Crippen LogP contribution is 2.42. The minimum atomic E-state index is -0.512. The Balaban J connectivity index is 1.63. The summed E-state index contributed by atoms with van der Waals surface area (Å²) in [6, 6.07) is 15.7. The lowest BCUT2D eigenvalue weighted by atomic mass is 9.92. The van der Waals surface area contributed by atoms with Gasteiger partial charge in [0.05, 0.1) is 13.2 Å². The van der Waals surface area contributed by atoms with E-state index in [4.69, 9.17) is 16.3 Å². The average Bonchev–Trinajstić information content (AvgIpc) is 3.05. The highest BCUT2D eigenvalue weighted by atomic mass is 35.5. The Morgan fingerprint density at radius 2 is 1.92 bits per heavy atom. The Morgan fingerprint density at radius 3 is 2.67 bits per heavy atom. The predicted octanol–water partition coefficient (Wildman–Crippen LogP) is 3.87. The molecule has 5 heteroatoms. The summed E-state index contributed by atoms with van der Waals surface area (Å²) in [4.78, 5) is 17.4. The molecule has 3 aromatic rings. The van der Waals surface area contributed by atoms with E-state index in [0.717, 1.165) is 27.8 Å². The van der Waals surface area contributed by atoms with Crippen molar-refractivity contribution in [2.45, 2.75) is 18.0 Å². The molecule has 0 aliphatic carbocycles. The number of nitrogens with zero attached hydrogens (tertiary/aromatic N) is 1. The number of carbonyl (C=O) groups excluding carboxylic acids is 1. The molecule has 1 saturated heterocycles. The summed E-state index contributed by atoms with van der Waals surface area (Å²) in [6.45, 7) is 0.538. The van der Waals surface area contributed by atoms with E-state index in [2.05, 4.69) is 11.1 Å². The van der Waals surface area contributed by atoms with Crippen LogP contribution in [0.2, 0.25) is 0 Å². The Labute approximate surface area is 145 Å². The maximum absolute atomic E-state index is 12.3. The van der Waals surface area contributed by atoms with Gasteiger partial charge in [0.2, 0.25) is 5.91 Å². The fourth-order valence-corrected chi connectivity index (χ4v) is 3.67. The van der Waals surface area contributed by atoms with Crippen LogP contribution in [0.3, 0.4) is 0 Å². The number of halogens is 1. The third kappa shape index (κ3) is 2.34. The van der Waals surface area contributed by atoms with E-state index in [-0.39, 0.29) is 11.9 Å². The number of para-hydroxylation sites is 1. The van der Waals surface area contributed by atoms with Crippen molar-refractivity contribution >= 4 is 28.4 Å². The number of nitrogens with one attached hydrogen (secondary N) is 1. The minimum absolute atomic E-state index is 0.0252. The van der Waals surface area contributed by atoms with Crippen LogP contribution >= 0.6 is 11.6 Å². The molecule has 1 amide bonds. The van der Waals surface area contributed by atoms with Crippen LogP contribution in [0.1, 0.15) is 17.2 Å². The summed E-state index contributed by atoms with van der Waals surface area (Å²) in [6.07, 6.45) is 1.96. The van der Waals surface area contributed by atoms with Gasteiger partial charge in [-0.05, 0) is 23.8 Å². The van der Waals surface area contributed by atoms with E-state index < -0.39 is 5.38 Å². The van der Waals surface area contributed by atoms with E-state index in [1.807, 2.05) is 53.6 Å². The minimum Gasteiger partial charge on any atom is -0.497 e. The highest BCUT2D eigenvalue weighted by Gasteiger charge is 2.47. The zero-order valence-electron chi connectivity index (χ0n) is 13.2. The number of carbonyl (C=O) groups is 1. The molecule has 0 bridgehead atoms. The van der Waals surface area contributed by atoms with Gasteiger partial charge < -0.3 is 14.6 Å². The Hall–Kier alpha value is -2.46. The number of aromatic amines is 1. The second-order valence-electron chi connectivity index (χ2n) is 5.95. The summed E-state index contributed by atoms with van der Waals surface area (Å²) in [5.74, 6) is 0.778. The molecule has 4 rings (SSSR count). The molecule has 122 valence electrons. The first kappa shape index (κ1) is 15.1. The molecule has 1 aliphatic rings. The number of alkyl halides is 1. The number of methoxy groups -OCH3 is 1. The summed E-state index contributed by atoms with van der Waals surface area (Å²) in [5, 5.41) is 0.600. The normalized spacial score (nSPS) is 20.2. The van der Waals surface area contributed by atoms with Gasteiger partial charge in [0.25, 0.3) is 0 Å². The Morgan fingerprint density at radius 1 is 1.17 bits per heavy atom. The standard InChI is InChI=1S/C19H17ClN2O2/c1-24-13-8-6-12(7-9-13)11-22-18(17(20)19(22)23)15-10-21-16-5-3-2-4-14(15)16/h2-10,17-18,21H,11H2,1H3. The Bertz CT molecular complexity index is 888. The molecule has 0 saturated carbocycles. The van der Waals surface area contributed by atoms with Crippen molar-refractivity contribution in [3.8, 4) is 5.75 Å². The Kier molecular flexibility index (Phi) is 3.69. The third-order valence-electron chi connectivity index (χ3n) is 4.58. The number of H-pyrrole nitrogens is 1. The van der Waals surface area contributed by atoms with Crippen molar-refractivity contribution in [1.82, 2.24) is 9.88 Å². The molecule has 1 fully saturated rings. The fraction of sp³-hybridized carbons (Fsp3) is 0.211. The van der Waals surface area contributed by atoms with Crippen molar-refractivity contribution in [3.63, 3.8) is 0 Å². The lowest BCUT2D eigenvalue weighted by Crippen LogP contribution is -2.55. The number of β-lactam (4-membered cyclic amide) rings is 1. The number of fused-ring (bicyclic) bond motifs is 1. The summed E-state index contributed by atoms with van der Waals surface area (Å²) >= 11 is 6.34. The zero-order chi connectivity index (χ0) is 16.7. The van der Waals surface area contributed by atoms with Crippen LogP contribution in [-0.2, 0) is 11.3 Å². The number of amides is 1. The van der Waals surface area contributed by atoms with Gasteiger partial charge in [0, 0.05) is 29.2 Å². The molecular weight excluding hydrogens is 324 g/mol. The number of hydrogen-bond acceptors (Lipinski definition) is 2. The van der Waals surface area contributed by atoms with Gasteiger partial charge in [-0.15, -0.1) is 11.6 Å². The number of benzene rings is 2. The van der Waals surface area contributed by atoms with Crippen LogP contribution in [0, 0.1) is 0 Å². The number of hydrogen-bond donors (Lipinski definition) is 1. The maximum atomic E-state index is 12.3. The molecule has 4 nitrogen and oxygen atoms in total. The first-order valence-corrected chi connectivity index (χ1v) is 8.26. The molecule has 0 radical (unpaired) electrons. The largest absolute Gasteiger partial charge is 0.497 e. The van der Waals surface area contributed by atoms with Crippen molar-refractivity contribution in [3.05, 3.63) is 65.9 Å². The van der Waals surface area contributed by atoms with Crippen LogP contribution in [0.15, 0.2) is 54.7 Å². The van der Waals surface area contributed by atoms with Crippen LogP contribution in [0.5, 0.6) is 5.75 Å². The molecular formula is C19H17ClN2O2. The summed E-state index contributed by atoms with van der Waals surface area (Å²) in [5.41, 5.74) is 3.18. The lowest BCUT2D eigenvalue weighted by molar-refractivity contribution is -0.146. The number of rotatable bonds is 4. The van der Waals surface area contributed by atoms with E-state index in [1.165, 1.54) is 0 Å². The van der Waals surface area contributed by atoms with E-state index in [1.54, 1.807) is 7.11 Å². The predicted molar refractivity (Wildman–Crippen MR) is 94.2 cm³/mol. The summed E-state index contributed by atoms with van der Waals surface area (Å²) < 4.78 is 5.18. The van der Waals surface area contributed by atoms with Crippen molar-refractivity contribution in [2.24, 2.45) is 0 Å². The molecule has 2 unspecified atom stereocenters. The fourth-order valence-electron chi connectivity index (χ4n) is 3.27. The van der Waals surface area contributed by atoms with E-state index in [9.17, 15) is 4.79 Å². The number of ether oxygens (including phenoxy) is 1. The van der Waals surface area contributed by atoms with Crippen LogP contribution < -0.4 is 4.74 Å². The van der Waals surface area contributed by atoms with E-state index >= 15 is 0 Å². The second-order valence-corrected chi connectivity index (χ2v) is 6.42. The number of likely N-dealkylation sites (tertiary alicyclic amines) is 1. The average molecular weight is 341 g/mol. The third-order valence-corrected chi connectivity index (χ3v) is 5.01. The van der Waals surface area contributed by atoms with Crippen LogP contribution in [-0.4, -0.2) is 28.3 Å². The molecule has 2 aromatic carbocycles. The smallest absolute Gasteiger partial charge is 0.244 e. The first-order chi connectivity index (χ1) is 11.7. The molecule has 1 N–H and O–H groups in total. The van der Waals surface area contributed by atoms with E-state index in [0.29, 0.717) is 6.54 Å². The van der Waals surface area contributed by atoms with Gasteiger partial charge in [-0.1, -0.05) is 30.3 Å². The van der Waals surface area contributed by atoms with Crippen LogP contribution in [0.4, 0.5) is 0 Å². The molecule has 2 heterocycles. The van der Waals surface area contributed by atoms with Gasteiger partial charge in [0.15, 0.2) is 0 Å². The van der Waals surface area contributed by atoms with Crippen LogP contribution in [0.25, 0.3) is 10.9 Å². The molecule has 1 aliphatic heterocycles. The molecule has 2 atom stereocenters. The monoisotopic (exact) mass is 340 g/mol.